The zero-order valence-electron chi connectivity index (χ0n) is 24.8. The Labute approximate surface area is 273 Å². The minimum Gasteiger partial charge on any atom is -0.478 e. The molecule has 0 aliphatic carbocycles. The van der Waals surface area contributed by atoms with Crippen molar-refractivity contribution in [3.8, 4) is 44.5 Å². The molecule has 0 atom stereocenters. The van der Waals surface area contributed by atoms with E-state index in [1.54, 1.807) is 0 Å². The lowest BCUT2D eigenvalue weighted by Crippen LogP contribution is -2.03. The van der Waals surface area contributed by atoms with Crippen LogP contribution in [0.5, 0.6) is 0 Å². The first kappa shape index (κ1) is 29.2. The van der Waals surface area contributed by atoms with Gasteiger partial charge in [-0.25, -0.2) is 4.79 Å². The third-order valence-electron chi connectivity index (χ3n) is 8.27. The lowest BCUT2D eigenvalue weighted by atomic mass is 9.91. The van der Waals surface area contributed by atoms with E-state index in [4.69, 9.17) is 0 Å². The zero-order chi connectivity index (χ0) is 30.6. The molecule has 3 aliphatic heterocycles. The molecule has 0 fully saturated rings. The summed E-state index contributed by atoms with van der Waals surface area (Å²) < 4.78 is 0. The zero-order valence-corrected chi connectivity index (χ0v) is 26.4. The van der Waals surface area contributed by atoms with Crippen LogP contribution >= 0.6 is 23.5 Å². The first-order valence-corrected chi connectivity index (χ1v) is 17.4. The quantitative estimate of drug-likeness (QED) is 0.198. The van der Waals surface area contributed by atoms with Gasteiger partial charge in [0.05, 0.1) is 5.56 Å². The SMILES string of the molecule is O=C(O)c1c2cccc1-c1ccc(cc1)CSCc1cccc(c1)-c1cccc(c1)-c1cccc(c1)CSCc1ccc-2cc1. The van der Waals surface area contributed by atoms with E-state index in [2.05, 4.69) is 121 Å². The molecular weight excluding hydrogens is 589 g/mol. The fraction of sp³-hybridized carbons (Fsp3) is 0.0976. The molecule has 3 heterocycles. The third-order valence-corrected chi connectivity index (χ3v) is 10.4. The standard InChI is InChI=1S/C41H32O2S2/c42-41(43)40-38-11-4-12-39(40)33-19-15-29(16-20-33)25-45-27-31-6-2-8-35(22-31)37-10-3-9-36(23-37)34-7-1-5-30(21-34)26-44-24-28-13-17-32(38)18-14-28/h1-23H,24-27H2,(H,42,43). The van der Waals surface area contributed by atoms with Crippen molar-refractivity contribution in [2.45, 2.75) is 23.0 Å². The summed E-state index contributed by atoms with van der Waals surface area (Å²) in [4.78, 5) is 12.6. The maximum Gasteiger partial charge on any atom is 0.336 e. The van der Waals surface area contributed by atoms with Crippen molar-refractivity contribution in [3.63, 3.8) is 0 Å². The highest BCUT2D eigenvalue weighted by Gasteiger charge is 2.18. The first-order valence-electron chi connectivity index (χ1n) is 15.1. The number of hydrogen-bond donors (Lipinski definition) is 1. The van der Waals surface area contributed by atoms with E-state index in [1.807, 2.05) is 41.7 Å². The number of benzene rings is 6. The van der Waals surface area contributed by atoms with Gasteiger partial charge in [0.15, 0.2) is 0 Å². The molecule has 0 amide bonds. The van der Waals surface area contributed by atoms with Gasteiger partial charge < -0.3 is 5.11 Å². The second kappa shape index (κ2) is 13.2. The second-order valence-electron chi connectivity index (χ2n) is 11.4. The lowest BCUT2D eigenvalue weighted by Gasteiger charge is -2.13. The number of carboxylic acids is 1. The van der Waals surface area contributed by atoms with Gasteiger partial charge in [0, 0.05) is 23.0 Å². The first-order chi connectivity index (χ1) is 22.1. The molecule has 6 aromatic rings. The number of fused-ring (bicyclic) bond motifs is 2. The van der Waals surface area contributed by atoms with Crippen LogP contribution in [0.3, 0.4) is 0 Å². The van der Waals surface area contributed by atoms with Crippen LogP contribution in [0.15, 0.2) is 140 Å². The Morgan fingerprint density at radius 1 is 0.422 bits per heavy atom. The van der Waals surface area contributed by atoms with Crippen LogP contribution in [0.2, 0.25) is 0 Å². The molecule has 220 valence electrons. The Bertz CT molecular complexity index is 1850. The van der Waals surface area contributed by atoms with Gasteiger partial charge in [-0.15, -0.1) is 0 Å². The number of hydrogen-bond acceptors (Lipinski definition) is 3. The maximum absolute atomic E-state index is 12.6. The summed E-state index contributed by atoms with van der Waals surface area (Å²) >= 11 is 3.77. The minimum atomic E-state index is -0.913. The average molecular weight is 621 g/mol. The van der Waals surface area contributed by atoms with E-state index in [0.29, 0.717) is 5.56 Å². The highest BCUT2D eigenvalue weighted by atomic mass is 32.2. The van der Waals surface area contributed by atoms with Crippen molar-refractivity contribution in [2.75, 3.05) is 0 Å². The topological polar surface area (TPSA) is 37.3 Å². The van der Waals surface area contributed by atoms with Crippen molar-refractivity contribution >= 4 is 29.5 Å². The number of rotatable bonds is 1. The van der Waals surface area contributed by atoms with Gasteiger partial charge in [-0.1, -0.05) is 133 Å². The van der Waals surface area contributed by atoms with Gasteiger partial charge >= 0.3 is 5.97 Å². The molecule has 0 aromatic heterocycles. The van der Waals surface area contributed by atoms with Crippen molar-refractivity contribution in [2.24, 2.45) is 0 Å². The third kappa shape index (κ3) is 6.63. The summed E-state index contributed by atoms with van der Waals surface area (Å²) in [6.07, 6.45) is 0. The largest absolute Gasteiger partial charge is 0.478 e. The monoisotopic (exact) mass is 620 g/mol. The average Bonchev–Trinajstić information content (AvgIpc) is 3.08. The molecular formula is C41H32O2S2. The minimum absolute atomic E-state index is 0.341. The molecule has 45 heavy (non-hydrogen) atoms. The Kier molecular flexibility index (Phi) is 8.59. The van der Waals surface area contributed by atoms with Crippen LogP contribution < -0.4 is 0 Å². The Morgan fingerprint density at radius 3 is 1.24 bits per heavy atom. The Hall–Kier alpha value is -4.51. The van der Waals surface area contributed by atoms with Gasteiger partial charge in [0.1, 0.15) is 0 Å². The Morgan fingerprint density at radius 2 is 0.800 bits per heavy atom. The molecule has 1 N–H and O–H groups in total. The molecule has 0 radical (unpaired) electrons. The van der Waals surface area contributed by atoms with E-state index in [9.17, 15) is 9.90 Å². The Balaban J connectivity index is 1.25. The van der Waals surface area contributed by atoms with Crippen molar-refractivity contribution in [1.29, 1.82) is 0 Å². The number of aromatic carboxylic acids is 1. The summed E-state index contributed by atoms with van der Waals surface area (Å²) in [6.45, 7) is 0. The summed E-state index contributed by atoms with van der Waals surface area (Å²) in [5, 5.41) is 10.3. The van der Waals surface area contributed by atoms with Crippen LogP contribution in [0.1, 0.15) is 32.6 Å². The molecule has 3 aliphatic rings. The van der Waals surface area contributed by atoms with E-state index in [1.165, 1.54) is 44.5 Å². The van der Waals surface area contributed by atoms with Gasteiger partial charge in [0.2, 0.25) is 0 Å². The van der Waals surface area contributed by atoms with Crippen molar-refractivity contribution in [1.82, 2.24) is 0 Å². The van der Waals surface area contributed by atoms with Gasteiger partial charge in [0.25, 0.3) is 0 Å². The van der Waals surface area contributed by atoms with Gasteiger partial charge in [-0.3, -0.25) is 0 Å². The van der Waals surface area contributed by atoms with Crippen LogP contribution in [-0.4, -0.2) is 11.1 Å². The number of thioether (sulfide) groups is 2. The van der Waals surface area contributed by atoms with Crippen LogP contribution in [-0.2, 0) is 23.0 Å². The van der Waals surface area contributed by atoms with Crippen molar-refractivity contribution < 1.29 is 9.90 Å². The van der Waals surface area contributed by atoms with Crippen LogP contribution in [0, 0.1) is 0 Å². The fourth-order valence-electron chi connectivity index (χ4n) is 5.96. The fourth-order valence-corrected chi connectivity index (χ4v) is 7.85. The van der Waals surface area contributed by atoms with E-state index >= 15 is 0 Å². The molecule has 0 saturated heterocycles. The molecule has 6 aromatic carbocycles. The van der Waals surface area contributed by atoms with Crippen LogP contribution in [0.25, 0.3) is 44.5 Å². The van der Waals surface area contributed by atoms with Gasteiger partial charge in [-0.2, -0.15) is 23.5 Å². The predicted octanol–water partition coefficient (Wildman–Crippen LogP) is 11.2. The molecule has 9 rings (SSSR count). The highest BCUT2D eigenvalue weighted by Crippen LogP contribution is 2.34. The highest BCUT2D eigenvalue weighted by molar-refractivity contribution is 7.97. The molecule has 0 saturated carbocycles. The maximum atomic E-state index is 12.6. The number of carbonyl (C=O) groups is 1. The smallest absolute Gasteiger partial charge is 0.336 e. The second-order valence-corrected chi connectivity index (χ2v) is 13.4. The number of carboxylic acid groups (broad SMARTS) is 1. The summed E-state index contributed by atoms with van der Waals surface area (Å²) in [7, 11) is 0. The van der Waals surface area contributed by atoms with Crippen LogP contribution in [0.4, 0.5) is 0 Å². The summed E-state index contributed by atoms with van der Waals surface area (Å²) in [5.41, 5.74) is 13.6. The summed E-state index contributed by atoms with van der Waals surface area (Å²) in [5.74, 6) is 2.68. The lowest BCUT2D eigenvalue weighted by molar-refractivity contribution is 0.0698. The molecule has 12 bridgehead atoms. The normalized spacial score (nSPS) is 13.0. The van der Waals surface area contributed by atoms with E-state index in [0.717, 1.165) is 45.3 Å². The van der Waals surface area contributed by atoms with Crippen molar-refractivity contribution in [3.05, 3.63) is 167 Å². The molecule has 0 unspecified atom stereocenters. The molecule has 0 spiro atoms. The predicted molar refractivity (Wildman–Crippen MR) is 192 cm³/mol. The molecule has 2 nitrogen and oxygen atoms in total. The van der Waals surface area contributed by atoms with Gasteiger partial charge in [-0.05, 0) is 72.8 Å². The van der Waals surface area contributed by atoms with E-state index < -0.39 is 5.97 Å². The summed E-state index contributed by atoms with van der Waals surface area (Å²) in [6, 6.07) is 49.0. The van der Waals surface area contributed by atoms with E-state index in [-0.39, 0.29) is 0 Å². The molecule has 4 heteroatoms.